The van der Waals surface area contributed by atoms with E-state index in [2.05, 4.69) is 10.5 Å². The van der Waals surface area contributed by atoms with Crippen LogP contribution in [-0.4, -0.2) is 15.6 Å². The Balaban J connectivity index is 1.79. The molecule has 2 aromatic heterocycles. The topological polar surface area (TPSA) is 77.1 Å². The molecule has 146 valence electrons. The zero-order valence-corrected chi connectivity index (χ0v) is 16.5. The van der Waals surface area contributed by atoms with Crippen molar-refractivity contribution in [1.29, 1.82) is 0 Å². The van der Waals surface area contributed by atoms with Gasteiger partial charge in [0.15, 0.2) is 11.2 Å². The molecule has 0 saturated carbocycles. The Labute approximate surface area is 167 Å². The van der Waals surface area contributed by atoms with Crippen LogP contribution in [0.15, 0.2) is 64.0 Å². The van der Waals surface area contributed by atoms with Crippen LogP contribution in [0.5, 0.6) is 0 Å². The summed E-state index contributed by atoms with van der Waals surface area (Å²) in [5.41, 5.74) is 4.19. The standard InChI is InChI=1S/C23H21N3O3/c1-14-4-7-17(8-5-14)19-12-26(13-22(27)24-21-11-16(3)29-25-21)20-10-15(2)6-9-18(20)23(19)28/h4-12H,13H2,1-3H3,(H,24,25,27). The molecule has 1 N–H and O–H groups in total. The fourth-order valence-electron chi connectivity index (χ4n) is 3.33. The number of rotatable bonds is 4. The van der Waals surface area contributed by atoms with Gasteiger partial charge in [-0.05, 0) is 44.0 Å². The Kier molecular flexibility index (Phi) is 4.76. The van der Waals surface area contributed by atoms with Gasteiger partial charge in [0.1, 0.15) is 12.3 Å². The molecule has 29 heavy (non-hydrogen) atoms. The lowest BCUT2D eigenvalue weighted by Crippen LogP contribution is -2.21. The molecule has 0 radical (unpaired) electrons. The SMILES string of the molecule is Cc1ccc(-c2cn(CC(=O)Nc3cc(C)on3)c3cc(C)ccc3c2=O)cc1. The molecule has 0 aliphatic heterocycles. The zero-order valence-electron chi connectivity index (χ0n) is 16.5. The normalized spacial score (nSPS) is 11.0. The number of nitrogens with one attached hydrogen (secondary N) is 1. The molecule has 4 rings (SSSR count). The Morgan fingerprint density at radius 1 is 1.03 bits per heavy atom. The number of carbonyl (C=O) groups is 1. The summed E-state index contributed by atoms with van der Waals surface area (Å²) in [5.74, 6) is 0.735. The largest absolute Gasteiger partial charge is 0.360 e. The highest BCUT2D eigenvalue weighted by Crippen LogP contribution is 2.21. The summed E-state index contributed by atoms with van der Waals surface area (Å²) >= 11 is 0. The number of aryl methyl sites for hydroxylation is 3. The first-order chi connectivity index (χ1) is 13.9. The van der Waals surface area contributed by atoms with Gasteiger partial charge in [-0.25, -0.2) is 0 Å². The van der Waals surface area contributed by atoms with Crippen molar-refractivity contribution >= 4 is 22.6 Å². The van der Waals surface area contributed by atoms with Gasteiger partial charge in [-0.3, -0.25) is 9.59 Å². The van der Waals surface area contributed by atoms with Crippen LogP contribution in [0, 0.1) is 20.8 Å². The summed E-state index contributed by atoms with van der Waals surface area (Å²) in [7, 11) is 0. The minimum atomic E-state index is -0.250. The molecule has 6 heteroatoms. The van der Waals surface area contributed by atoms with Gasteiger partial charge in [-0.15, -0.1) is 0 Å². The first-order valence-corrected chi connectivity index (χ1v) is 9.35. The molecular weight excluding hydrogens is 366 g/mol. The predicted octanol–water partition coefficient (Wildman–Crippen LogP) is 4.22. The molecule has 1 amide bonds. The number of hydrogen-bond acceptors (Lipinski definition) is 4. The lowest BCUT2D eigenvalue weighted by atomic mass is 10.0. The number of anilines is 1. The van der Waals surface area contributed by atoms with E-state index in [1.54, 1.807) is 23.8 Å². The van der Waals surface area contributed by atoms with Crippen LogP contribution in [0.25, 0.3) is 22.0 Å². The third-order valence-corrected chi connectivity index (χ3v) is 4.81. The van der Waals surface area contributed by atoms with Crippen LogP contribution in [0.1, 0.15) is 16.9 Å². The van der Waals surface area contributed by atoms with Crippen molar-refractivity contribution in [1.82, 2.24) is 9.72 Å². The van der Waals surface area contributed by atoms with Crippen LogP contribution in [-0.2, 0) is 11.3 Å². The number of carbonyl (C=O) groups excluding carboxylic acids is 1. The Morgan fingerprint density at radius 3 is 2.45 bits per heavy atom. The molecule has 0 unspecified atom stereocenters. The van der Waals surface area contributed by atoms with Gasteiger partial charge in [0, 0.05) is 23.2 Å². The molecule has 2 heterocycles. The molecule has 0 aliphatic rings. The molecule has 0 saturated heterocycles. The van der Waals surface area contributed by atoms with Gasteiger partial charge in [0.25, 0.3) is 0 Å². The quantitative estimate of drug-likeness (QED) is 0.569. The Morgan fingerprint density at radius 2 is 1.76 bits per heavy atom. The van der Waals surface area contributed by atoms with E-state index in [1.807, 2.05) is 56.3 Å². The minimum Gasteiger partial charge on any atom is -0.360 e. The summed E-state index contributed by atoms with van der Waals surface area (Å²) < 4.78 is 6.80. The smallest absolute Gasteiger partial charge is 0.245 e. The first-order valence-electron chi connectivity index (χ1n) is 9.35. The maximum absolute atomic E-state index is 13.1. The molecule has 0 atom stereocenters. The van der Waals surface area contributed by atoms with Gasteiger partial charge < -0.3 is 14.4 Å². The van der Waals surface area contributed by atoms with Gasteiger partial charge in [-0.2, -0.15) is 0 Å². The molecular formula is C23H21N3O3. The number of amides is 1. The van der Waals surface area contributed by atoms with Gasteiger partial charge in [0.05, 0.1) is 5.52 Å². The molecule has 4 aromatic rings. The first kappa shape index (κ1) is 18.7. The second-order valence-corrected chi connectivity index (χ2v) is 7.26. The summed E-state index contributed by atoms with van der Waals surface area (Å²) in [6.07, 6.45) is 1.75. The average Bonchev–Trinajstić information content (AvgIpc) is 3.09. The van der Waals surface area contributed by atoms with Crippen molar-refractivity contribution in [2.75, 3.05) is 5.32 Å². The minimum absolute atomic E-state index is 0.0466. The second kappa shape index (κ2) is 7.39. The van der Waals surface area contributed by atoms with E-state index in [1.165, 1.54) is 0 Å². The number of benzene rings is 2. The average molecular weight is 387 g/mol. The van der Waals surface area contributed by atoms with Crippen molar-refractivity contribution < 1.29 is 9.32 Å². The van der Waals surface area contributed by atoms with Crippen LogP contribution in [0.4, 0.5) is 5.82 Å². The Hall–Kier alpha value is -3.67. The van der Waals surface area contributed by atoms with E-state index in [9.17, 15) is 9.59 Å². The van der Waals surface area contributed by atoms with E-state index in [4.69, 9.17) is 4.52 Å². The van der Waals surface area contributed by atoms with Crippen molar-refractivity contribution in [3.8, 4) is 11.1 Å². The number of pyridine rings is 1. The monoisotopic (exact) mass is 387 g/mol. The third-order valence-electron chi connectivity index (χ3n) is 4.81. The highest BCUT2D eigenvalue weighted by atomic mass is 16.5. The van der Waals surface area contributed by atoms with Crippen molar-refractivity contribution in [2.45, 2.75) is 27.3 Å². The molecule has 6 nitrogen and oxygen atoms in total. The summed E-state index contributed by atoms with van der Waals surface area (Å²) in [6.45, 7) is 5.76. The molecule has 0 fully saturated rings. The number of nitrogens with zero attached hydrogens (tertiary/aromatic N) is 2. The number of aromatic nitrogens is 2. The third kappa shape index (κ3) is 3.82. The lowest BCUT2D eigenvalue weighted by Gasteiger charge is -2.14. The van der Waals surface area contributed by atoms with Crippen LogP contribution >= 0.6 is 0 Å². The van der Waals surface area contributed by atoms with E-state index < -0.39 is 0 Å². The number of hydrogen-bond donors (Lipinski definition) is 1. The molecule has 0 aliphatic carbocycles. The summed E-state index contributed by atoms with van der Waals surface area (Å²) in [4.78, 5) is 25.7. The predicted molar refractivity (Wildman–Crippen MR) is 113 cm³/mol. The summed E-state index contributed by atoms with van der Waals surface area (Å²) in [5, 5.41) is 7.11. The van der Waals surface area contributed by atoms with Gasteiger partial charge in [0.2, 0.25) is 5.91 Å². The van der Waals surface area contributed by atoms with E-state index in [-0.39, 0.29) is 17.9 Å². The zero-order chi connectivity index (χ0) is 20.5. The van der Waals surface area contributed by atoms with E-state index >= 15 is 0 Å². The maximum Gasteiger partial charge on any atom is 0.245 e. The molecule has 2 aromatic carbocycles. The second-order valence-electron chi connectivity index (χ2n) is 7.26. The van der Waals surface area contributed by atoms with Crippen molar-refractivity contribution in [3.63, 3.8) is 0 Å². The highest BCUT2D eigenvalue weighted by Gasteiger charge is 2.14. The summed E-state index contributed by atoms with van der Waals surface area (Å²) in [6, 6.07) is 15.1. The lowest BCUT2D eigenvalue weighted by molar-refractivity contribution is -0.116. The molecule has 0 bridgehead atoms. The van der Waals surface area contributed by atoms with Crippen LogP contribution in [0.3, 0.4) is 0 Å². The highest BCUT2D eigenvalue weighted by molar-refractivity contribution is 5.92. The number of fused-ring (bicyclic) bond motifs is 1. The Bertz CT molecular complexity index is 1270. The van der Waals surface area contributed by atoms with Crippen LogP contribution < -0.4 is 10.7 Å². The van der Waals surface area contributed by atoms with Crippen molar-refractivity contribution in [2.24, 2.45) is 0 Å². The van der Waals surface area contributed by atoms with Gasteiger partial charge in [-0.1, -0.05) is 41.1 Å². The van der Waals surface area contributed by atoms with Crippen molar-refractivity contribution in [3.05, 3.63) is 81.8 Å². The van der Waals surface area contributed by atoms with E-state index in [0.29, 0.717) is 22.5 Å². The fraction of sp³-hybridized carbons (Fsp3) is 0.174. The maximum atomic E-state index is 13.1. The van der Waals surface area contributed by atoms with Gasteiger partial charge >= 0.3 is 0 Å². The molecule has 0 spiro atoms. The van der Waals surface area contributed by atoms with Crippen LogP contribution in [0.2, 0.25) is 0 Å². The van der Waals surface area contributed by atoms with E-state index in [0.717, 1.165) is 22.2 Å². The fourth-order valence-corrected chi connectivity index (χ4v) is 3.33.